The Labute approximate surface area is 201 Å². The SMILES string of the molecule is CCc1ccc(OCCCN2C(=O)COc3ccc(NC(=O)c4cccc(Br)c4)cc32)cc1. The molecule has 0 spiro atoms. The van der Waals surface area contributed by atoms with Gasteiger partial charge in [-0.05, 0) is 66.9 Å². The van der Waals surface area contributed by atoms with Gasteiger partial charge in [-0.25, -0.2) is 0 Å². The number of hydrogen-bond acceptors (Lipinski definition) is 4. The van der Waals surface area contributed by atoms with E-state index in [4.69, 9.17) is 9.47 Å². The van der Waals surface area contributed by atoms with Crippen LogP contribution >= 0.6 is 15.9 Å². The van der Waals surface area contributed by atoms with Gasteiger partial charge in [-0.15, -0.1) is 0 Å². The lowest BCUT2D eigenvalue weighted by Gasteiger charge is -2.30. The number of benzene rings is 3. The number of rotatable bonds is 8. The lowest BCUT2D eigenvalue weighted by Crippen LogP contribution is -2.39. The third kappa shape index (κ3) is 5.73. The Balaban J connectivity index is 1.40. The van der Waals surface area contributed by atoms with E-state index >= 15 is 0 Å². The number of nitrogens with one attached hydrogen (secondary N) is 1. The molecule has 1 aliphatic heterocycles. The molecular formula is C26H25BrN2O4. The number of hydrogen-bond donors (Lipinski definition) is 1. The number of anilines is 2. The summed E-state index contributed by atoms with van der Waals surface area (Å²) in [6.07, 6.45) is 1.65. The maximum Gasteiger partial charge on any atom is 0.265 e. The van der Waals surface area contributed by atoms with E-state index in [0.29, 0.717) is 42.3 Å². The molecule has 6 nitrogen and oxygen atoms in total. The van der Waals surface area contributed by atoms with Gasteiger partial charge in [0.2, 0.25) is 0 Å². The van der Waals surface area contributed by atoms with Crippen molar-refractivity contribution in [3.05, 3.63) is 82.3 Å². The van der Waals surface area contributed by atoms with Crippen LogP contribution in [-0.4, -0.2) is 31.6 Å². The molecule has 3 aromatic carbocycles. The van der Waals surface area contributed by atoms with Crippen LogP contribution in [0, 0.1) is 0 Å². The summed E-state index contributed by atoms with van der Waals surface area (Å²) in [7, 11) is 0. The summed E-state index contributed by atoms with van der Waals surface area (Å²) < 4.78 is 12.2. The van der Waals surface area contributed by atoms with E-state index in [2.05, 4.69) is 40.3 Å². The maximum atomic E-state index is 12.6. The van der Waals surface area contributed by atoms with Crippen molar-refractivity contribution in [3.63, 3.8) is 0 Å². The van der Waals surface area contributed by atoms with Gasteiger partial charge in [-0.2, -0.15) is 0 Å². The summed E-state index contributed by atoms with van der Waals surface area (Å²) in [5.74, 6) is 1.09. The summed E-state index contributed by atoms with van der Waals surface area (Å²) in [5, 5.41) is 2.89. The summed E-state index contributed by atoms with van der Waals surface area (Å²) in [4.78, 5) is 26.8. The number of ether oxygens (including phenoxy) is 2. The molecule has 2 amide bonds. The van der Waals surface area contributed by atoms with E-state index in [1.165, 1.54) is 5.56 Å². The molecule has 0 bridgehead atoms. The topological polar surface area (TPSA) is 67.9 Å². The van der Waals surface area contributed by atoms with Gasteiger partial charge in [-0.1, -0.05) is 41.1 Å². The predicted molar refractivity (Wildman–Crippen MR) is 132 cm³/mol. The monoisotopic (exact) mass is 508 g/mol. The van der Waals surface area contributed by atoms with Gasteiger partial charge in [0.15, 0.2) is 6.61 Å². The maximum absolute atomic E-state index is 12.6. The zero-order chi connectivity index (χ0) is 23.2. The van der Waals surface area contributed by atoms with Crippen LogP contribution in [0.3, 0.4) is 0 Å². The number of halogens is 1. The van der Waals surface area contributed by atoms with E-state index in [1.807, 2.05) is 18.2 Å². The highest BCUT2D eigenvalue weighted by Crippen LogP contribution is 2.35. The third-order valence-corrected chi connectivity index (χ3v) is 5.87. The smallest absolute Gasteiger partial charge is 0.265 e. The molecule has 7 heteroatoms. The molecule has 0 aliphatic carbocycles. The van der Waals surface area contributed by atoms with E-state index < -0.39 is 0 Å². The number of carbonyl (C=O) groups excluding carboxylic acids is 2. The Morgan fingerprint density at radius 1 is 1.12 bits per heavy atom. The first-order chi connectivity index (χ1) is 16.0. The molecule has 170 valence electrons. The first-order valence-electron chi connectivity index (χ1n) is 10.9. The minimum Gasteiger partial charge on any atom is -0.494 e. The fourth-order valence-electron chi connectivity index (χ4n) is 3.59. The second-order valence-electron chi connectivity index (χ2n) is 7.68. The Bertz CT molecular complexity index is 1150. The summed E-state index contributed by atoms with van der Waals surface area (Å²) in [6, 6.07) is 20.5. The van der Waals surface area contributed by atoms with Crippen molar-refractivity contribution in [2.45, 2.75) is 19.8 Å². The average molecular weight is 509 g/mol. The van der Waals surface area contributed by atoms with Crippen LogP contribution in [0.15, 0.2) is 71.2 Å². The molecule has 0 fully saturated rings. The number of amides is 2. The van der Waals surface area contributed by atoms with Gasteiger partial charge in [0.05, 0.1) is 12.3 Å². The molecular weight excluding hydrogens is 484 g/mol. The normalized spacial score (nSPS) is 12.7. The van der Waals surface area contributed by atoms with Crippen LogP contribution in [0.1, 0.15) is 29.3 Å². The highest BCUT2D eigenvalue weighted by Gasteiger charge is 2.25. The van der Waals surface area contributed by atoms with Crippen molar-refractivity contribution in [1.82, 2.24) is 0 Å². The van der Waals surface area contributed by atoms with Gasteiger partial charge in [-0.3, -0.25) is 9.59 Å². The molecule has 0 atom stereocenters. The molecule has 33 heavy (non-hydrogen) atoms. The lowest BCUT2D eigenvalue weighted by atomic mass is 10.1. The zero-order valence-corrected chi connectivity index (χ0v) is 19.9. The van der Waals surface area contributed by atoms with Gasteiger partial charge in [0.25, 0.3) is 11.8 Å². The van der Waals surface area contributed by atoms with Crippen molar-refractivity contribution >= 4 is 39.1 Å². The predicted octanol–water partition coefficient (Wildman–Crippen LogP) is 5.46. The Kier molecular flexibility index (Phi) is 7.29. The highest BCUT2D eigenvalue weighted by molar-refractivity contribution is 9.10. The zero-order valence-electron chi connectivity index (χ0n) is 18.3. The minimum absolute atomic E-state index is 0.00388. The van der Waals surface area contributed by atoms with Crippen LogP contribution in [-0.2, 0) is 11.2 Å². The van der Waals surface area contributed by atoms with E-state index in [0.717, 1.165) is 16.6 Å². The molecule has 0 radical (unpaired) electrons. The second kappa shape index (κ2) is 10.5. The first kappa shape index (κ1) is 22.9. The van der Waals surface area contributed by atoms with Crippen LogP contribution < -0.4 is 19.7 Å². The highest BCUT2D eigenvalue weighted by atomic mass is 79.9. The number of fused-ring (bicyclic) bond motifs is 1. The fraction of sp³-hybridized carbons (Fsp3) is 0.231. The van der Waals surface area contributed by atoms with Gasteiger partial charge in [0.1, 0.15) is 11.5 Å². The van der Waals surface area contributed by atoms with Crippen molar-refractivity contribution in [2.75, 3.05) is 30.0 Å². The molecule has 1 heterocycles. The molecule has 0 aromatic heterocycles. The largest absolute Gasteiger partial charge is 0.494 e. The molecule has 1 N–H and O–H groups in total. The number of nitrogens with zero attached hydrogens (tertiary/aromatic N) is 1. The van der Waals surface area contributed by atoms with Crippen LogP contribution in [0.2, 0.25) is 0 Å². The molecule has 3 aromatic rings. The van der Waals surface area contributed by atoms with E-state index in [1.54, 1.807) is 41.3 Å². The Morgan fingerprint density at radius 3 is 2.70 bits per heavy atom. The Hall–Kier alpha value is -3.32. The standard InChI is InChI=1S/C26H25BrN2O4/c1-2-18-7-10-22(11-8-18)32-14-4-13-29-23-16-21(9-12-24(23)33-17-25(29)30)28-26(31)19-5-3-6-20(27)15-19/h3,5-12,15-16H,2,4,13-14,17H2,1H3,(H,28,31). The first-order valence-corrected chi connectivity index (χ1v) is 11.7. The van der Waals surface area contributed by atoms with E-state index in [9.17, 15) is 9.59 Å². The van der Waals surface area contributed by atoms with Crippen LogP contribution in [0.4, 0.5) is 11.4 Å². The van der Waals surface area contributed by atoms with Gasteiger partial charge >= 0.3 is 0 Å². The molecule has 0 saturated heterocycles. The molecule has 1 aliphatic rings. The summed E-state index contributed by atoms with van der Waals surface area (Å²) in [6.45, 7) is 3.09. The van der Waals surface area contributed by atoms with E-state index in [-0.39, 0.29) is 18.4 Å². The Morgan fingerprint density at radius 2 is 1.94 bits per heavy atom. The fourth-order valence-corrected chi connectivity index (χ4v) is 3.99. The number of carbonyl (C=O) groups is 2. The minimum atomic E-state index is -0.228. The van der Waals surface area contributed by atoms with Crippen molar-refractivity contribution in [2.24, 2.45) is 0 Å². The quantitative estimate of drug-likeness (QED) is 0.410. The van der Waals surface area contributed by atoms with Crippen molar-refractivity contribution in [1.29, 1.82) is 0 Å². The molecule has 0 unspecified atom stereocenters. The summed E-state index contributed by atoms with van der Waals surface area (Å²) in [5.41, 5.74) is 3.04. The summed E-state index contributed by atoms with van der Waals surface area (Å²) >= 11 is 3.38. The molecule has 4 rings (SSSR count). The van der Waals surface area contributed by atoms with Crippen molar-refractivity contribution in [3.8, 4) is 11.5 Å². The lowest BCUT2D eigenvalue weighted by molar-refractivity contribution is -0.121. The van der Waals surface area contributed by atoms with Gasteiger partial charge < -0.3 is 19.7 Å². The third-order valence-electron chi connectivity index (χ3n) is 5.37. The van der Waals surface area contributed by atoms with Crippen LogP contribution in [0.25, 0.3) is 0 Å². The molecule has 0 saturated carbocycles. The van der Waals surface area contributed by atoms with Gasteiger partial charge in [0, 0.05) is 22.3 Å². The second-order valence-corrected chi connectivity index (χ2v) is 8.60. The number of aryl methyl sites for hydroxylation is 1. The van der Waals surface area contributed by atoms with Crippen molar-refractivity contribution < 1.29 is 19.1 Å². The average Bonchev–Trinajstić information content (AvgIpc) is 2.83. The van der Waals surface area contributed by atoms with Crippen LogP contribution in [0.5, 0.6) is 11.5 Å².